The van der Waals surface area contributed by atoms with Gasteiger partial charge in [0.25, 0.3) is 0 Å². The summed E-state index contributed by atoms with van der Waals surface area (Å²) in [5.41, 5.74) is 1.31. The van der Waals surface area contributed by atoms with Crippen LogP contribution in [0, 0.1) is 5.92 Å². The summed E-state index contributed by atoms with van der Waals surface area (Å²) in [4.78, 5) is 0. The Morgan fingerprint density at radius 1 is 1.28 bits per heavy atom. The molecule has 100 valence electrons. The summed E-state index contributed by atoms with van der Waals surface area (Å²) in [7, 11) is 1.72. The van der Waals surface area contributed by atoms with Crippen molar-refractivity contribution in [2.45, 2.75) is 45.1 Å². The molecular weight excluding hydrogens is 222 g/mol. The van der Waals surface area contributed by atoms with Gasteiger partial charge in [0.1, 0.15) is 5.75 Å². The Bertz CT molecular complexity index is 358. The number of ether oxygens (including phenoxy) is 1. The lowest BCUT2D eigenvalue weighted by Crippen LogP contribution is -2.27. The summed E-state index contributed by atoms with van der Waals surface area (Å²) in [5, 5.41) is 3.66. The average molecular weight is 247 g/mol. The van der Waals surface area contributed by atoms with Crippen LogP contribution < -0.4 is 10.1 Å². The van der Waals surface area contributed by atoms with Gasteiger partial charge in [-0.15, -0.1) is 0 Å². The van der Waals surface area contributed by atoms with Crippen molar-refractivity contribution in [3.63, 3.8) is 0 Å². The molecule has 1 aliphatic carbocycles. The summed E-state index contributed by atoms with van der Waals surface area (Å²) in [6, 6.07) is 8.76. The molecule has 1 aliphatic rings. The Labute approximate surface area is 111 Å². The molecule has 1 aromatic rings. The van der Waals surface area contributed by atoms with Crippen molar-refractivity contribution in [3.05, 3.63) is 29.8 Å². The first-order valence-electron chi connectivity index (χ1n) is 7.17. The van der Waals surface area contributed by atoms with Gasteiger partial charge in [-0.05, 0) is 49.9 Å². The van der Waals surface area contributed by atoms with Gasteiger partial charge in [0.15, 0.2) is 0 Å². The van der Waals surface area contributed by atoms with Gasteiger partial charge in [-0.1, -0.05) is 31.4 Å². The quantitative estimate of drug-likeness (QED) is 0.851. The second-order valence-electron chi connectivity index (χ2n) is 5.41. The van der Waals surface area contributed by atoms with Crippen LogP contribution in [0.2, 0.25) is 0 Å². The maximum atomic E-state index is 5.27. The van der Waals surface area contributed by atoms with Gasteiger partial charge in [0, 0.05) is 6.04 Å². The Morgan fingerprint density at radius 2 is 2.06 bits per heavy atom. The van der Waals surface area contributed by atoms with Crippen LogP contribution in [0.1, 0.15) is 50.6 Å². The van der Waals surface area contributed by atoms with E-state index in [1.165, 1.54) is 37.7 Å². The molecule has 0 bridgehead atoms. The van der Waals surface area contributed by atoms with Crippen molar-refractivity contribution < 1.29 is 4.74 Å². The third kappa shape index (κ3) is 3.74. The van der Waals surface area contributed by atoms with Gasteiger partial charge in [-0.25, -0.2) is 0 Å². The molecular formula is C16H25NO. The van der Waals surface area contributed by atoms with Crippen molar-refractivity contribution in [3.8, 4) is 5.75 Å². The summed E-state index contributed by atoms with van der Waals surface area (Å²) >= 11 is 0. The van der Waals surface area contributed by atoms with Crippen molar-refractivity contribution >= 4 is 0 Å². The van der Waals surface area contributed by atoms with Crippen LogP contribution in [0.25, 0.3) is 0 Å². The minimum Gasteiger partial charge on any atom is -0.497 e. The maximum absolute atomic E-state index is 5.27. The molecule has 0 aromatic heterocycles. The summed E-state index contributed by atoms with van der Waals surface area (Å²) in [6.45, 7) is 3.38. The summed E-state index contributed by atoms with van der Waals surface area (Å²) in [5.74, 6) is 1.82. The normalized spacial score (nSPS) is 18.6. The number of benzene rings is 1. The van der Waals surface area contributed by atoms with E-state index in [0.717, 1.165) is 18.2 Å². The van der Waals surface area contributed by atoms with E-state index in [9.17, 15) is 0 Å². The lowest BCUT2D eigenvalue weighted by Gasteiger charge is -2.24. The fourth-order valence-corrected chi connectivity index (χ4v) is 2.76. The van der Waals surface area contributed by atoms with Crippen LogP contribution in [-0.2, 0) is 0 Å². The molecule has 2 nitrogen and oxygen atoms in total. The van der Waals surface area contributed by atoms with Gasteiger partial charge in [-0.2, -0.15) is 0 Å². The molecule has 0 amide bonds. The second-order valence-corrected chi connectivity index (χ2v) is 5.41. The number of methoxy groups -OCH3 is 1. The number of rotatable bonds is 5. The minimum atomic E-state index is 0.405. The number of nitrogens with one attached hydrogen (secondary N) is 1. The Balaban J connectivity index is 1.84. The fourth-order valence-electron chi connectivity index (χ4n) is 2.76. The van der Waals surface area contributed by atoms with E-state index in [1.807, 2.05) is 6.07 Å². The zero-order valence-corrected chi connectivity index (χ0v) is 11.6. The number of hydrogen-bond donors (Lipinski definition) is 1. The van der Waals surface area contributed by atoms with Gasteiger partial charge >= 0.3 is 0 Å². The molecule has 1 saturated carbocycles. The molecule has 1 atom stereocenters. The van der Waals surface area contributed by atoms with Gasteiger partial charge in [0.2, 0.25) is 0 Å². The van der Waals surface area contributed by atoms with E-state index in [1.54, 1.807) is 7.11 Å². The Hall–Kier alpha value is -1.02. The van der Waals surface area contributed by atoms with Crippen LogP contribution in [-0.4, -0.2) is 13.7 Å². The van der Waals surface area contributed by atoms with Gasteiger partial charge < -0.3 is 10.1 Å². The third-order valence-corrected chi connectivity index (χ3v) is 4.03. The van der Waals surface area contributed by atoms with Crippen LogP contribution in [0.4, 0.5) is 0 Å². The third-order valence-electron chi connectivity index (χ3n) is 4.03. The standard InChI is InChI=1S/C16H25NO/c1-13(15-9-6-10-16(11-15)18-2)17-12-14-7-4-3-5-8-14/h6,9-11,13-14,17H,3-5,7-8,12H2,1-2H3/t13-/m1/s1. The zero-order valence-electron chi connectivity index (χ0n) is 11.6. The topological polar surface area (TPSA) is 21.3 Å². The predicted molar refractivity (Wildman–Crippen MR) is 76.0 cm³/mol. The zero-order chi connectivity index (χ0) is 12.8. The monoisotopic (exact) mass is 247 g/mol. The second kappa shape index (κ2) is 6.79. The Morgan fingerprint density at radius 3 is 2.78 bits per heavy atom. The van der Waals surface area contributed by atoms with E-state index in [0.29, 0.717) is 6.04 Å². The van der Waals surface area contributed by atoms with E-state index >= 15 is 0 Å². The molecule has 1 N–H and O–H groups in total. The van der Waals surface area contributed by atoms with Crippen molar-refractivity contribution in [2.24, 2.45) is 5.92 Å². The first kappa shape index (κ1) is 13.4. The van der Waals surface area contributed by atoms with E-state index < -0.39 is 0 Å². The van der Waals surface area contributed by atoms with Crippen LogP contribution >= 0.6 is 0 Å². The van der Waals surface area contributed by atoms with E-state index in [2.05, 4.69) is 30.4 Å². The SMILES string of the molecule is COc1cccc([C@@H](C)NCC2CCCCC2)c1. The predicted octanol–water partition coefficient (Wildman–Crippen LogP) is 3.93. The highest BCUT2D eigenvalue weighted by atomic mass is 16.5. The number of hydrogen-bond acceptors (Lipinski definition) is 2. The molecule has 0 spiro atoms. The lowest BCUT2D eigenvalue weighted by molar-refractivity contribution is 0.331. The highest BCUT2D eigenvalue weighted by molar-refractivity contribution is 5.30. The smallest absolute Gasteiger partial charge is 0.119 e. The lowest BCUT2D eigenvalue weighted by atomic mass is 9.89. The molecule has 2 rings (SSSR count). The first-order chi connectivity index (χ1) is 8.79. The van der Waals surface area contributed by atoms with Gasteiger partial charge in [-0.3, -0.25) is 0 Å². The molecule has 0 aliphatic heterocycles. The molecule has 1 aromatic carbocycles. The highest BCUT2D eigenvalue weighted by Crippen LogP contribution is 2.24. The first-order valence-corrected chi connectivity index (χ1v) is 7.17. The largest absolute Gasteiger partial charge is 0.497 e. The molecule has 0 unspecified atom stereocenters. The van der Waals surface area contributed by atoms with Gasteiger partial charge in [0.05, 0.1) is 7.11 Å². The Kier molecular flexibility index (Phi) is 5.06. The summed E-state index contributed by atoms with van der Waals surface area (Å²) in [6.07, 6.45) is 7.07. The molecule has 0 saturated heterocycles. The van der Waals surface area contributed by atoms with Crippen LogP contribution in [0.15, 0.2) is 24.3 Å². The molecule has 18 heavy (non-hydrogen) atoms. The molecule has 2 heteroatoms. The maximum Gasteiger partial charge on any atom is 0.119 e. The van der Waals surface area contributed by atoms with Crippen molar-refractivity contribution in [1.82, 2.24) is 5.32 Å². The average Bonchev–Trinajstić information content (AvgIpc) is 2.46. The minimum absolute atomic E-state index is 0.405. The summed E-state index contributed by atoms with van der Waals surface area (Å²) < 4.78 is 5.27. The van der Waals surface area contributed by atoms with Crippen molar-refractivity contribution in [2.75, 3.05) is 13.7 Å². The molecule has 0 radical (unpaired) electrons. The fraction of sp³-hybridized carbons (Fsp3) is 0.625. The van der Waals surface area contributed by atoms with E-state index in [4.69, 9.17) is 4.74 Å². The highest BCUT2D eigenvalue weighted by Gasteiger charge is 2.14. The van der Waals surface area contributed by atoms with Crippen LogP contribution in [0.3, 0.4) is 0 Å². The molecule has 1 fully saturated rings. The van der Waals surface area contributed by atoms with Crippen LogP contribution in [0.5, 0.6) is 5.75 Å². The van der Waals surface area contributed by atoms with Crippen molar-refractivity contribution in [1.29, 1.82) is 0 Å². The van der Waals surface area contributed by atoms with E-state index in [-0.39, 0.29) is 0 Å². The molecule has 0 heterocycles.